The Morgan fingerprint density at radius 1 is 1.10 bits per heavy atom. The van der Waals surface area contributed by atoms with Crippen molar-refractivity contribution in [1.29, 1.82) is 0 Å². The van der Waals surface area contributed by atoms with Crippen LogP contribution >= 0.6 is 0 Å². The Morgan fingerprint density at radius 2 is 1.81 bits per heavy atom. The van der Waals surface area contributed by atoms with Crippen LogP contribution in [0.2, 0.25) is 0 Å². The van der Waals surface area contributed by atoms with Crippen molar-refractivity contribution in [1.82, 2.24) is 5.16 Å². The number of benzene rings is 1. The van der Waals surface area contributed by atoms with Crippen LogP contribution in [-0.4, -0.2) is 5.16 Å². The summed E-state index contributed by atoms with van der Waals surface area (Å²) in [7, 11) is 0. The van der Waals surface area contributed by atoms with Crippen LogP contribution in [0, 0.1) is 6.92 Å². The summed E-state index contributed by atoms with van der Waals surface area (Å²) in [5.74, 6) is 1.99. The quantitative estimate of drug-likeness (QED) is 0.838. The molecule has 1 saturated carbocycles. The van der Waals surface area contributed by atoms with E-state index >= 15 is 0 Å². The summed E-state index contributed by atoms with van der Waals surface area (Å²) in [6, 6.07) is 8.43. The zero-order chi connectivity index (χ0) is 14.7. The molecule has 0 unspecified atom stereocenters. The molecule has 0 radical (unpaired) electrons. The molecule has 1 aliphatic carbocycles. The first-order chi connectivity index (χ1) is 10.3. The lowest BCUT2D eigenvalue weighted by Gasteiger charge is -2.18. The Bertz CT molecular complexity index is 595. The zero-order valence-electron chi connectivity index (χ0n) is 12.8. The fourth-order valence-electron chi connectivity index (χ4n) is 3.40. The fourth-order valence-corrected chi connectivity index (χ4v) is 3.40. The highest BCUT2D eigenvalue weighted by atomic mass is 16.5. The summed E-state index contributed by atoms with van der Waals surface area (Å²) in [5.41, 5.74) is 9.48. The number of hydrogen-bond acceptors (Lipinski definition) is 3. The van der Waals surface area contributed by atoms with Gasteiger partial charge in [0.1, 0.15) is 5.76 Å². The second-order valence-electron chi connectivity index (χ2n) is 6.22. The third-order valence-electron chi connectivity index (χ3n) is 4.53. The number of anilines is 1. The predicted molar refractivity (Wildman–Crippen MR) is 86.1 cm³/mol. The number of nitrogen functional groups attached to an aromatic ring is 1. The van der Waals surface area contributed by atoms with E-state index in [9.17, 15) is 0 Å². The molecule has 0 amide bonds. The lowest BCUT2D eigenvalue weighted by molar-refractivity contribution is 0.332. The summed E-state index contributed by atoms with van der Waals surface area (Å²) in [5, 5.41) is 4.05. The number of rotatable bonds is 2. The minimum atomic E-state index is 0.464. The highest BCUT2D eigenvalue weighted by Gasteiger charge is 2.24. The first-order valence-electron chi connectivity index (χ1n) is 8.08. The Hall–Kier alpha value is -1.77. The fraction of sp³-hybridized carbons (Fsp3) is 0.500. The largest absolute Gasteiger partial charge is 0.380 e. The van der Waals surface area contributed by atoms with Gasteiger partial charge in [0.15, 0.2) is 5.82 Å². The standard InChI is InChI=1S/C18H24N2O/c1-13-8-7-11-15(12-13)16-17(21-20-18(16)19)14-9-5-3-2-4-6-10-14/h7-8,11-12,14H,2-6,9-10H2,1H3,(H2,19,20). The molecule has 2 aromatic rings. The maximum atomic E-state index is 6.10. The minimum absolute atomic E-state index is 0.464. The number of nitrogens with two attached hydrogens (primary N) is 1. The Morgan fingerprint density at radius 3 is 2.52 bits per heavy atom. The smallest absolute Gasteiger partial charge is 0.175 e. The first kappa shape index (κ1) is 14.2. The molecule has 1 aromatic carbocycles. The molecule has 0 bridgehead atoms. The van der Waals surface area contributed by atoms with Crippen LogP contribution < -0.4 is 5.73 Å². The molecule has 0 aliphatic heterocycles. The van der Waals surface area contributed by atoms with Crippen molar-refractivity contribution in [3.63, 3.8) is 0 Å². The Balaban J connectivity index is 1.96. The van der Waals surface area contributed by atoms with Crippen LogP contribution in [0.15, 0.2) is 28.8 Å². The monoisotopic (exact) mass is 284 g/mol. The summed E-state index contributed by atoms with van der Waals surface area (Å²) < 4.78 is 5.65. The van der Waals surface area contributed by atoms with E-state index in [4.69, 9.17) is 10.3 Å². The van der Waals surface area contributed by atoms with Crippen molar-refractivity contribution in [2.24, 2.45) is 0 Å². The van der Waals surface area contributed by atoms with E-state index in [2.05, 4.69) is 36.3 Å². The molecule has 112 valence electrons. The van der Waals surface area contributed by atoms with Crippen LogP contribution in [0.25, 0.3) is 11.1 Å². The van der Waals surface area contributed by atoms with Gasteiger partial charge in [-0.3, -0.25) is 0 Å². The van der Waals surface area contributed by atoms with Gasteiger partial charge in [0.25, 0.3) is 0 Å². The number of aromatic nitrogens is 1. The Labute approximate surface area is 126 Å². The number of hydrogen-bond donors (Lipinski definition) is 1. The molecule has 2 N–H and O–H groups in total. The summed E-state index contributed by atoms with van der Waals surface area (Å²) in [4.78, 5) is 0. The molecule has 3 nitrogen and oxygen atoms in total. The van der Waals surface area contributed by atoms with Crippen molar-refractivity contribution in [3.8, 4) is 11.1 Å². The highest BCUT2D eigenvalue weighted by molar-refractivity contribution is 5.76. The molecule has 21 heavy (non-hydrogen) atoms. The third kappa shape index (κ3) is 3.12. The second-order valence-corrected chi connectivity index (χ2v) is 6.22. The summed E-state index contributed by atoms with van der Waals surface area (Å²) in [6.07, 6.45) is 8.97. The maximum Gasteiger partial charge on any atom is 0.175 e. The molecule has 1 aromatic heterocycles. The van der Waals surface area contributed by atoms with E-state index in [0.29, 0.717) is 11.7 Å². The molecular formula is C18H24N2O. The van der Waals surface area contributed by atoms with Crippen LogP contribution in [-0.2, 0) is 0 Å². The van der Waals surface area contributed by atoms with Gasteiger partial charge in [-0.05, 0) is 25.3 Å². The average Bonchev–Trinajstić information content (AvgIpc) is 2.80. The Kier molecular flexibility index (Phi) is 4.28. The molecule has 1 aliphatic rings. The van der Waals surface area contributed by atoms with Crippen molar-refractivity contribution < 1.29 is 4.52 Å². The van der Waals surface area contributed by atoms with Crippen molar-refractivity contribution >= 4 is 5.82 Å². The minimum Gasteiger partial charge on any atom is -0.380 e. The molecule has 0 atom stereocenters. The van der Waals surface area contributed by atoms with Gasteiger partial charge < -0.3 is 10.3 Å². The molecule has 1 fully saturated rings. The van der Waals surface area contributed by atoms with Gasteiger partial charge in [0.05, 0.1) is 5.56 Å². The van der Waals surface area contributed by atoms with Gasteiger partial charge in [-0.25, -0.2) is 0 Å². The van der Waals surface area contributed by atoms with Crippen LogP contribution in [0.4, 0.5) is 5.82 Å². The highest BCUT2D eigenvalue weighted by Crippen LogP contribution is 2.39. The van der Waals surface area contributed by atoms with Gasteiger partial charge in [-0.15, -0.1) is 0 Å². The summed E-state index contributed by atoms with van der Waals surface area (Å²) in [6.45, 7) is 2.10. The van der Waals surface area contributed by atoms with E-state index in [-0.39, 0.29) is 0 Å². The van der Waals surface area contributed by atoms with E-state index in [1.165, 1.54) is 50.5 Å². The maximum absolute atomic E-state index is 6.10. The van der Waals surface area contributed by atoms with Gasteiger partial charge in [0.2, 0.25) is 0 Å². The summed E-state index contributed by atoms with van der Waals surface area (Å²) >= 11 is 0. The third-order valence-corrected chi connectivity index (χ3v) is 4.53. The average molecular weight is 284 g/mol. The lowest BCUT2D eigenvalue weighted by Crippen LogP contribution is -2.03. The first-order valence-corrected chi connectivity index (χ1v) is 8.08. The molecule has 0 spiro atoms. The molecule has 3 heteroatoms. The van der Waals surface area contributed by atoms with E-state index in [0.717, 1.165) is 16.9 Å². The van der Waals surface area contributed by atoms with Crippen LogP contribution in [0.3, 0.4) is 0 Å². The van der Waals surface area contributed by atoms with E-state index < -0.39 is 0 Å². The van der Waals surface area contributed by atoms with Crippen molar-refractivity contribution in [2.45, 2.75) is 57.8 Å². The molecular weight excluding hydrogens is 260 g/mol. The van der Waals surface area contributed by atoms with E-state index in [1.54, 1.807) is 0 Å². The van der Waals surface area contributed by atoms with Crippen molar-refractivity contribution in [3.05, 3.63) is 35.6 Å². The van der Waals surface area contributed by atoms with Gasteiger partial charge in [-0.2, -0.15) is 0 Å². The number of aryl methyl sites for hydroxylation is 1. The molecule has 1 heterocycles. The van der Waals surface area contributed by atoms with Gasteiger partial charge >= 0.3 is 0 Å². The molecule has 3 rings (SSSR count). The zero-order valence-corrected chi connectivity index (χ0v) is 12.8. The van der Waals surface area contributed by atoms with Crippen LogP contribution in [0.5, 0.6) is 0 Å². The van der Waals surface area contributed by atoms with Gasteiger partial charge in [-0.1, -0.05) is 67.1 Å². The lowest BCUT2D eigenvalue weighted by atomic mass is 9.86. The van der Waals surface area contributed by atoms with Crippen molar-refractivity contribution in [2.75, 3.05) is 5.73 Å². The SMILES string of the molecule is Cc1cccc(-c2c(N)noc2C2CCCCCCC2)c1. The second kappa shape index (κ2) is 6.33. The molecule has 0 saturated heterocycles. The normalized spacial score (nSPS) is 17.4. The predicted octanol–water partition coefficient (Wildman–Crippen LogP) is 5.06. The van der Waals surface area contributed by atoms with Gasteiger partial charge in [0, 0.05) is 5.92 Å². The topological polar surface area (TPSA) is 52.0 Å². The van der Waals surface area contributed by atoms with Crippen LogP contribution in [0.1, 0.15) is 62.2 Å². The van der Waals surface area contributed by atoms with E-state index in [1.807, 2.05) is 0 Å². The number of nitrogens with zero attached hydrogens (tertiary/aromatic N) is 1.